The zero-order chi connectivity index (χ0) is 27.1. The summed E-state index contributed by atoms with van der Waals surface area (Å²) in [7, 11) is 0. The molecule has 0 saturated carbocycles. The lowest BCUT2D eigenvalue weighted by Gasteiger charge is -2.34. The summed E-state index contributed by atoms with van der Waals surface area (Å²) >= 11 is 0. The standard InChI is InChI=1S/C28H35N11O/c1-2-36-12-13-40-25(19-36)20-39-18-24(17-33-39)34-26-31-21-32-28(35-26)38-10-8-37(9-11-38)27-29-15-23(16-30-27)14-22-6-4-3-5-7-22/h3-7,15-18,21,25H,2,8-14,19-20H2,1H3,(H,31,32,34,35)/t25-/m0/s1. The Morgan fingerprint density at radius 1 is 0.875 bits per heavy atom. The summed E-state index contributed by atoms with van der Waals surface area (Å²) in [6.07, 6.45) is 10.1. The number of benzene rings is 1. The van der Waals surface area contributed by atoms with Gasteiger partial charge in [0.2, 0.25) is 17.8 Å². The number of likely N-dealkylation sites (N-methyl/N-ethyl adjacent to an activating group) is 1. The van der Waals surface area contributed by atoms with Gasteiger partial charge in [-0.15, -0.1) is 0 Å². The Morgan fingerprint density at radius 2 is 1.65 bits per heavy atom. The molecule has 1 N–H and O–H groups in total. The van der Waals surface area contributed by atoms with Crippen LogP contribution in [-0.4, -0.2) is 98.1 Å². The molecule has 40 heavy (non-hydrogen) atoms. The molecule has 1 atom stereocenters. The van der Waals surface area contributed by atoms with E-state index in [1.165, 1.54) is 5.56 Å². The van der Waals surface area contributed by atoms with E-state index in [2.05, 4.69) is 81.2 Å². The molecule has 2 aliphatic rings. The fourth-order valence-corrected chi connectivity index (χ4v) is 5.08. The lowest BCUT2D eigenvalue weighted by molar-refractivity contribution is -0.0357. The van der Waals surface area contributed by atoms with Gasteiger partial charge in [-0.1, -0.05) is 37.3 Å². The van der Waals surface area contributed by atoms with Crippen molar-refractivity contribution in [2.24, 2.45) is 0 Å². The Hall–Kier alpha value is -4.16. The summed E-state index contributed by atoms with van der Waals surface area (Å²) in [5, 5.41) is 7.75. The third kappa shape index (κ3) is 6.52. The van der Waals surface area contributed by atoms with Crippen molar-refractivity contribution in [2.75, 3.05) is 67.5 Å². The van der Waals surface area contributed by atoms with Gasteiger partial charge in [0.1, 0.15) is 6.33 Å². The van der Waals surface area contributed by atoms with Gasteiger partial charge in [0, 0.05) is 64.3 Å². The summed E-state index contributed by atoms with van der Waals surface area (Å²) in [6.45, 7) is 9.74. The lowest BCUT2D eigenvalue weighted by atomic mass is 10.1. The Labute approximate surface area is 234 Å². The van der Waals surface area contributed by atoms with Gasteiger partial charge in [-0.2, -0.15) is 10.1 Å². The van der Waals surface area contributed by atoms with E-state index in [9.17, 15) is 0 Å². The molecule has 0 spiro atoms. The molecule has 208 valence electrons. The van der Waals surface area contributed by atoms with Crippen LogP contribution in [0.2, 0.25) is 0 Å². The second kappa shape index (κ2) is 12.3. The van der Waals surface area contributed by atoms with Gasteiger partial charge in [-0.25, -0.2) is 19.9 Å². The van der Waals surface area contributed by atoms with Gasteiger partial charge in [-0.3, -0.25) is 9.58 Å². The van der Waals surface area contributed by atoms with E-state index in [1.807, 2.05) is 29.3 Å². The zero-order valence-electron chi connectivity index (χ0n) is 22.8. The fraction of sp³-hybridized carbons (Fsp3) is 0.429. The average Bonchev–Trinajstić information content (AvgIpc) is 3.44. The highest BCUT2D eigenvalue weighted by Crippen LogP contribution is 2.18. The molecule has 4 aromatic rings. The second-order valence-corrected chi connectivity index (χ2v) is 10.1. The highest BCUT2D eigenvalue weighted by molar-refractivity contribution is 5.51. The van der Waals surface area contributed by atoms with Crippen LogP contribution in [0, 0.1) is 0 Å². The molecular weight excluding hydrogens is 506 g/mol. The molecular formula is C28H35N11O. The van der Waals surface area contributed by atoms with E-state index < -0.39 is 0 Å². The smallest absolute Gasteiger partial charge is 0.232 e. The van der Waals surface area contributed by atoms with E-state index in [-0.39, 0.29) is 6.10 Å². The number of ether oxygens (including phenoxy) is 1. The molecule has 1 aromatic carbocycles. The van der Waals surface area contributed by atoms with Gasteiger partial charge in [-0.05, 0) is 17.7 Å². The topological polar surface area (TPSA) is 113 Å². The normalized spacial score (nSPS) is 18.2. The van der Waals surface area contributed by atoms with Crippen LogP contribution in [0.4, 0.5) is 23.5 Å². The molecule has 0 amide bonds. The van der Waals surface area contributed by atoms with Crippen molar-refractivity contribution >= 4 is 23.5 Å². The molecule has 0 radical (unpaired) electrons. The number of hydrogen-bond donors (Lipinski definition) is 1. The summed E-state index contributed by atoms with van der Waals surface area (Å²) < 4.78 is 7.82. The van der Waals surface area contributed by atoms with Crippen LogP contribution in [0.5, 0.6) is 0 Å². The molecule has 2 aliphatic heterocycles. The van der Waals surface area contributed by atoms with Gasteiger partial charge < -0.3 is 19.9 Å². The molecule has 0 aliphatic carbocycles. The summed E-state index contributed by atoms with van der Waals surface area (Å²) in [6, 6.07) is 10.4. The van der Waals surface area contributed by atoms with Crippen LogP contribution in [0.25, 0.3) is 0 Å². The second-order valence-electron chi connectivity index (χ2n) is 10.1. The quantitative estimate of drug-likeness (QED) is 0.337. The Kier molecular flexibility index (Phi) is 8.05. The maximum atomic E-state index is 5.91. The van der Waals surface area contributed by atoms with Crippen LogP contribution in [0.3, 0.4) is 0 Å². The molecule has 12 heteroatoms. The first-order valence-corrected chi connectivity index (χ1v) is 13.9. The van der Waals surface area contributed by atoms with Crippen molar-refractivity contribution in [3.05, 3.63) is 72.6 Å². The van der Waals surface area contributed by atoms with Crippen molar-refractivity contribution in [3.63, 3.8) is 0 Å². The van der Waals surface area contributed by atoms with Crippen LogP contribution in [-0.2, 0) is 17.7 Å². The van der Waals surface area contributed by atoms with Crippen molar-refractivity contribution in [2.45, 2.75) is 26.0 Å². The molecule has 3 aromatic heterocycles. The van der Waals surface area contributed by atoms with Crippen LogP contribution in [0.15, 0.2) is 61.4 Å². The number of hydrogen-bond acceptors (Lipinski definition) is 11. The molecule has 12 nitrogen and oxygen atoms in total. The monoisotopic (exact) mass is 541 g/mol. The molecule has 2 saturated heterocycles. The van der Waals surface area contributed by atoms with E-state index >= 15 is 0 Å². The van der Waals surface area contributed by atoms with E-state index in [0.29, 0.717) is 18.4 Å². The van der Waals surface area contributed by atoms with Crippen molar-refractivity contribution in [3.8, 4) is 0 Å². The maximum Gasteiger partial charge on any atom is 0.232 e. The Balaban J connectivity index is 1.01. The van der Waals surface area contributed by atoms with Gasteiger partial charge >= 0.3 is 0 Å². The highest BCUT2D eigenvalue weighted by atomic mass is 16.5. The first-order valence-electron chi connectivity index (χ1n) is 13.9. The minimum absolute atomic E-state index is 0.140. The average molecular weight is 542 g/mol. The number of aromatic nitrogens is 7. The zero-order valence-corrected chi connectivity index (χ0v) is 22.8. The Bertz CT molecular complexity index is 1360. The number of piperazine rings is 1. The van der Waals surface area contributed by atoms with E-state index in [0.717, 1.165) is 76.0 Å². The summed E-state index contributed by atoms with van der Waals surface area (Å²) in [4.78, 5) is 29.4. The third-order valence-electron chi connectivity index (χ3n) is 7.30. The largest absolute Gasteiger partial charge is 0.374 e. The maximum absolute atomic E-state index is 5.91. The van der Waals surface area contributed by atoms with Gasteiger partial charge in [0.15, 0.2) is 0 Å². The first-order chi connectivity index (χ1) is 19.7. The highest BCUT2D eigenvalue weighted by Gasteiger charge is 2.22. The van der Waals surface area contributed by atoms with Crippen LogP contribution < -0.4 is 15.1 Å². The molecule has 6 rings (SSSR count). The van der Waals surface area contributed by atoms with Crippen molar-refractivity contribution in [1.29, 1.82) is 0 Å². The van der Waals surface area contributed by atoms with Crippen molar-refractivity contribution in [1.82, 2.24) is 39.6 Å². The van der Waals surface area contributed by atoms with Gasteiger partial charge in [0.05, 0.1) is 31.1 Å². The van der Waals surface area contributed by atoms with E-state index in [1.54, 1.807) is 12.5 Å². The first kappa shape index (κ1) is 26.1. The number of anilines is 4. The molecule has 5 heterocycles. The number of nitrogens with one attached hydrogen (secondary N) is 1. The van der Waals surface area contributed by atoms with Crippen LogP contribution in [0.1, 0.15) is 18.1 Å². The number of rotatable bonds is 9. The minimum Gasteiger partial charge on any atom is -0.374 e. The lowest BCUT2D eigenvalue weighted by Crippen LogP contribution is -2.47. The molecule has 2 fully saturated rings. The van der Waals surface area contributed by atoms with Crippen molar-refractivity contribution < 1.29 is 4.74 Å². The number of morpholine rings is 1. The minimum atomic E-state index is 0.140. The predicted molar refractivity (Wildman–Crippen MR) is 153 cm³/mol. The number of nitrogens with zero attached hydrogens (tertiary/aromatic N) is 10. The fourth-order valence-electron chi connectivity index (χ4n) is 5.08. The predicted octanol–water partition coefficient (Wildman–Crippen LogP) is 2.24. The molecule has 0 bridgehead atoms. The Morgan fingerprint density at radius 3 is 2.42 bits per heavy atom. The summed E-state index contributed by atoms with van der Waals surface area (Å²) in [5.41, 5.74) is 3.19. The third-order valence-corrected chi connectivity index (χ3v) is 7.30. The molecule has 0 unspecified atom stereocenters. The van der Waals surface area contributed by atoms with Gasteiger partial charge in [0.25, 0.3) is 0 Å². The van der Waals surface area contributed by atoms with E-state index in [4.69, 9.17) is 4.74 Å². The summed E-state index contributed by atoms with van der Waals surface area (Å²) in [5.74, 6) is 1.90. The van der Waals surface area contributed by atoms with Crippen LogP contribution >= 0.6 is 0 Å². The SMILES string of the molecule is CCN1CCO[C@H](Cn2cc(Nc3ncnc(N4CCN(c5ncc(Cc6ccccc6)cn5)CC4)n3)cn2)C1.